The number of piperazine rings is 1. The summed E-state index contributed by atoms with van der Waals surface area (Å²) >= 11 is 0. The lowest BCUT2D eigenvalue weighted by molar-refractivity contribution is -0.131. The molecular formula is C13H23N3O. The van der Waals surface area contributed by atoms with Crippen LogP contribution in [0, 0.1) is 0 Å². The van der Waals surface area contributed by atoms with Gasteiger partial charge in [-0.1, -0.05) is 0 Å². The van der Waals surface area contributed by atoms with Crippen LogP contribution in [-0.4, -0.2) is 61.0 Å². The van der Waals surface area contributed by atoms with Gasteiger partial charge in [0.2, 0.25) is 5.91 Å². The minimum atomic E-state index is 0.0801. The molecule has 2 rings (SSSR count). The van der Waals surface area contributed by atoms with Gasteiger partial charge in [0.25, 0.3) is 0 Å². The first-order valence-corrected chi connectivity index (χ1v) is 6.32. The normalized spacial score (nSPS) is 24.5. The first-order valence-electron chi connectivity index (χ1n) is 6.32. The molecule has 2 aliphatic heterocycles. The maximum atomic E-state index is 12.3. The fraction of sp³-hybridized carbons (Fsp3) is 0.769. The number of nitrogens with zero attached hydrogens (tertiary/aromatic N) is 2. The summed E-state index contributed by atoms with van der Waals surface area (Å²) in [6, 6.07) is 0. The molecule has 0 atom stereocenters. The van der Waals surface area contributed by atoms with Crippen molar-refractivity contribution in [1.82, 2.24) is 15.1 Å². The zero-order chi connectivity index (χ0) is 12.6. The van der Waals surface area contributed by atoms with Gasteiger partial charge >= 0.3 is 0 Å². The second-order valence-electron chi connectivity index (χ2n) is 5.79. The maximum absolute atomic E-state index is 12.3. The standard InChI is InChI=1S/C13H23N3O/c1-10(11-7-14-8-11)12(17)16-6-5-15(4)13(2,3)9-16/h14H,5-9H2,1-4H3. The molecule has 0 aromatic heterocycles. The lowest BCUT2D eigenvalue weighted by atomic mass is 9.97. The third-order valence-electron chi connectivity index (χ3n) is 4.13. The molecule has 4 heteroatoms. The average molecular weight is 237 g/mol. The van der Waals surface area contributed by atoms with Gasteiger partial charge < -0.3 is 10.2 Å². The first-order chi connectivity index (χ1) is 7.92. The highest BCUT2D eigenvalue weighted by Crippen LogP contribution is 2.21. The van der Waals surface area contributed by atoms with Crippen LogP contribution in [0.5, 0.6) is 0 Å². The third kappa shape index (κ3) is 2.38. The van der Waals surface area contributed by atoms with E-state index < -0.39 is 0 Å². The smallest absolute Gasteiger partial charge is 0.249 e. The molecule has 1 amide bonds. The lowest BCUT2D eigenvalue weighted by Gasteiger charge is -2.45. The van der Waals surface area contributed by atoms with Gasteiger partial charge in [-0.3, -0.25) is 9.69 Å². The van der Waals surface area contributed by atoms with Gasteiger partial charge in [0.05, 0.1) is 0 Å². The van der Waals surface area contributed by atoms with Crippen LogP contribution >= 0.6 is 0 Å². The van der Waals surface area contributed by atoms with E-state index in [0.717, 1.165) is 38.3 Å². The van der Waals surface area contributed by atoms with Crippen molar-refractivity contribution in [3.63, 3.8) is 0 Å². The highest BCUT2D eigenvalue weighted by atomic mass is 16.2. The Morgan fingerprint density at radius 3 is 2.41 bits per heavy atom. The van der Waals surface area contributed by atoms with E-state index in [1.807, 2.05) is 11.8 Å². The number of rotatable bonds is 1. The molecule has 4 nitrogen and oxygen atoms in total. The van der Waals surface area contributed by atoms with Crippen LogP contribution in [0.3, 0.4) is 0 Å². The Morgan fingerprint density at radius 2 is 1.94 bits per heavy atom. The molecule has 17 heavy (non-hydrogen) atoms. The fourth-order valence-electron chi connectivity index (χ4n) is 2.32. The van der Waals surface area contributed by atoms with E-state index in [9.17, 15) is 4.79 Å². The summed E-state index contributed by atoms with van der Waals surface area (Å²) in [5.74, 6) is 0.225. The number of hydrogen-bond donors (Lipinski definition) is 1. The Labute approximate surface area is 104 Å². The molecule has 0 radical (unpaired) electrons. The molecule has 0 unspecified atom stereocenters. The van der Waals surface area contributed by atoms with Crippen LogP contribution in [0.1, 0.15) is 20.8 Å². The van der Waals surface area contributed by atoms with E-state index in [2.05, 4.69) is 31.1 Å². The van der Waals surface area contributed by atoms with E-state index in [4.69, 9.17) is 0 Å². The van der Waals surface area contributed by atoms with Gasteiger partial charge in [0.1, 0.15) is 0 Å². The van der Waals surface area contributed by atoms with Crippen LogP contribution in [0.25, 0.3) is 0 Å². The molecule has 2 heterocycles. The van der Waals surface area contributed by atoms with Crippen molar-refractivity contribution >= 4 is 5.91 Å². The van der Waals surface area contributed by atoms with Crippen molar-refractivity contribution < 1.29 is 4.79 Å². The van der Waals surface area contributed by atoms with Crippen molar-refractivity contribution in [3.8, 4) is 0 Å². The molecule has 1 N–H and O–H groups in total. The van der Waals surface area contributed by atoms with Gasteiger partial charge in [-0.2, -0.15) is 0 Å². The van der Waals surface area contributed by atoms with Crippen LogP contribution in [0.2, 0.25) is 0 Å². The Bertz CT molecular complexity index is 354. The molecule has 2 saturated heterocycles. The molecule has 0 aliphatic carbocycles. The van der Waals surface area contributed by atoms with E-state index in [0.29, 0.717) is 0 Å². The first kappa shape index (κ1) is 12.6. The molecule has 0 aromatic rings. The molecule has 2 fully saturated rings. The second kappa shape index (κ2) is 4.42. The Morgan fingerprint density at radius 1 is 1.29 bits per heavy atom. The molecule has 2 aliphatic rings. The van der Waals surface area contributed by atoms with Gasteiger partial charge in [0, 0.05) is 43.8 Å². The summed E-state index contributed by atoms with van der Waals surface area (Å²) < 4.78 is 0. The highest BCUT2D eigenvalue weighted by molar-refractivity contribution is 5.94. The number of nitrogens with one attached hydrogen (secondary N) is 1. The van der Waals surface area contributed by atoms with E-state index in [-0.39, 0.29) is 11.4 Å². The van der Waals surface area contributed by atoms with Crippen molar-refractivity contribution in [2.45, 2.75) is 26.3 Å². The predicted octanol–water partition coefficient (Wildman–Crippen LogP) is 0.459. The largest absolute Gasteiger partial charge is 0.336 e. The molecule has 0 saturated carbocycles. The summed E-state index contributed by atoms with van der Waals surface area (Å²) in [5, 5.41) is 3.19. The van der Waals surface area contributed by atoms with Crippen molar-refractivity contribution in [2.24, 2.45) is 0 Å². The predicted molar refractivity (Wildman–Crippen MR) is 68.9 cm³/mol. The second-order valence-corrected chi connectivity index (χ2v) is 5.79. The Kier molecular flexibility index (Phi) is 3.27. The lowest BCUT2D eigenvalue weighted by Crippen LogP contribution is -2.59. The van der Waals surface area contributed by atoms with Crippen LogP contribution < -0.4 is 5.32 Å². The quantitative estimate of drug-likeness (QED) is 0.673. The van der Waals surface area contributed by atoms with E-state index in [1.165, 1.54) is 5.57 Å². The average Bonchev–Trinajstić information content (AvgIpc) is 2.18. The number of hydrogen-bond acceptors (Lipinski definition) is 3. The number of carbonyl (C=O) groups is 1. The van der Waals surface area contributed by atoms with Crippen molar-refractivity contribution in [1.29, 1.82) is 0 Å². The summed E-state index contributed by atoms with van der Waals surface area (Å²) in [5.41, 5.74) is 2.30. The maximum Gasteiger partial charge on any atom is 0.249 e. The topological polar surface area (TPSA) is 35.6 Å². The summed E-state index contributed by atoms with van der Waals surface area (Å²) in [4.78, 5) is 16.7. The minimum absolute atomic E-state index is 0.0801. The van der Waals surface area contributed by atoms with Crippen LogP contribution in [0.15, 0.2) is 11.1 Å². The zero-order valence-corrected chi connectivity index (χ0v) is 11.3. The fourth-order valence-corrected chi connectivity index (χ4v) is 2.32. The summed E-state index contributed by atoms with van der Waals surface area (Å²) in [7, 11) is 2.13. The van der Waals surface area contributed by atoms with Gasteiger partial charge in [-0.25, -0.2) is 0 Å². The summed E-state index contributed by atoms with van der Waals surface area (Å²) in [6.45, 7) is 10.7. The molecular weight excluding hydrogens is 214 g/mol. The van der Waals surface area contributed by atoms with Crippen LogP contribution in [-0.2, 0) is 4.79 Å². The van der Waals surface area contributed by atoms with Gasteiger partial charge in [-0.15, -0.1) is 0 Å². The van der Waals surface area contributed by atoms with Crippen molar-refractivity contribution in [3.05, 3.63) is 11.1 Å². The SMILES string of the molecule is CC(C(=O)N1CCN(C)C(C)(C)C1)=C1CNC1. The third-order valence-corrected chi connectivity index (χ3v) is 4.13. The van der Waals surface area contributed by atoms with Crippen LogP contribution in [0.4, 0.5) is 0 Å². The Balaban J connectivity index is 2.06. The monoisotopic (exact) mass is 237 g/mol. The number of amides is 1. The minimum Gasteiger partial charge on any atom is -0.336 e. The highest BCUT2D eigenvalue weighted by Gasteiger charge is 2.34. The molecule has 0 spiro atoms. The number of carbonyl (C=O) groups excluding carboxylic acids is 1. The zero-order valence-electron chi connectivity index (χ0n) is 11.3. The van der Waals surface area contributed by atoms with E-state index >= 15 is 0 Å². The molecule has 0 aromatic carbocycles. The summed E-state index contributed by atoms with van der Waals surface area (Å²) in [6.07, 6.45) is 0. The van der Waals surface area contributed by atoms with E-state index in [1.54, 1.807) is 0 Å². The van der Waals surface area contributed by atoms with Gasteiger partial charge in [-0.05, 0) is 33.4 Å². The molecule has 96 valence electrons. The Hall–Kier alpha value is -0.870. The molecule has 0 bridgehead atoms. The van der Waals surface area contributed by atoms with Crippen molar-refractivity contribution in [2.75, 3.05) is 39.8 Å². The number of likely N-dealkylation sites (N-methyl/N-ethyl adjacent to an activating group) is 1. The van der Waals surface area contributed by atoms with Gasteiger partial charge in [0.15, 0.2) is 0 Å².